The number of halogens is 1. The number of benzene rings is 1. The predicted molar refractivity (Wildman–Crippen MR) is 70.0 cm³/mol. The van der Waals surface area contributed by atoms with E-state index in [1.165, 1.54) is 7.11 Å². The molecule has 0 aliphatic rings. The highest BCUT2D eigenvalue weighted by molar-refractivity contribution is 6.36. The van der Waals surface area contributed by atoms with Crippen LogP contribution in [0.4, 0.5) is 0 Å². The van der Waals surface area contributed by atoms with Crippen molar-refractivity contribution in [3.05, 3.63) is 51.8 Å². The summed E-state index contributed by atoms with van der Waals surface area (Å²) in [6.07, 6.45) is 2.11. The van der Waals surface area contributed by atoms with Gasteiger partial charge >= 0.3 is 0 Å². The first-order valence-corrected chi connectivity index (χ1v) is 5.55. The molecule has 0 saturated heterocycles. The third kappa shape index (κ3) is 1.94. The zero-order valence-electron chi connectivity index (χ0n) is 9.42. The number of methoxy groups -OCH3 is 1. The van der Waals surface area contributed by atoms with Gasteiger partial charge in [0.05, 0.1) is 28.6 Å². The highest BCUT2D eigenvalue weighted by Crippen LogP contribution is 2.32. The van der Waals surface area contributed by atoms with E-state index in [0.717, 1.165) is 5.39 Å². The summed E-state index contributed by atoms with van der Waals surface area (Å²) < 4.78 is 5.32. The molecule has 17 heavy (non-hydrogen) atoms. The molecule has 3 nitrogen and oxygen atoms in total. The van der Waals surface area contributed by atoms with Gasteiger partial charge in [-0.15, -0.1) is 6.58 Å². The minimum absolute atomic E-state index is 0.170. The van der Waals surface area contributed by atoms with Gasteiger partial charge < -0.3 is 9.72 Å². The Morgan fingerprint density at radius 2 is 2.29 bits per heavy atom. The Bertz CT molecular complexity index is 631. The molecule has 1 aromatic carbocycles. The fourth-order valence-electron chi connectivity index (χ4n) is 1.87. The largest absolute Gasteiger partial charge is 0.495 e. The first-order chi connectivity index (χ1) is 8.19. The maximum atomic E-state index is 11.9. The Kier molecular flexibility index (Phi) is 3.20. The molecule has 2 rings (SSSR count). The smallest absolute Gasteiger partial charge is 0.255 e. The number of aromatic amines is 1. The zero-order valence-corrected chi connectivity index (χ0v) is 10.2. The lowest BCUT2D eigenvalue weighted by Gasteiger charge is -2.10. The summed E-state index contributed by atoms with van der Waals surface area (Å²) in [5.41, 5.74) is 1.05. The van der Waals surface area contributed by atoms with Crippen LogP contribution < -0.4 is 10.3 Å². The Morgan fingerprint density at radius 1 is 1.53 bits per heavy atom. The van der Waals surface area contributed by atoms with Crippen molar-refractivity contribution in [2.24, 2.45) is 0 Å². The maximum Gasteiger partial charge on any atom is 0.255 e. The van der Waals surface area contributed by atoms with Crippen LogP contribution in [0, 0.1) is 0 Å². The van der Waals surface area contributed by atoms with Gasteiger partial charge in [0.25, 0.3) is 5.56 Å². The zero-order chi connectivity index (χ0) is 12.4. The van der Waals surface area contributed by atoms with Crippen LogP contribution in [0.25, 0.3) is 10.9 Å². The average molecular weight is 250 g/mol. The molecule has 2 aromatic rings. The molecule has 88 valence electrons. The van der Waals surface area contributed by atoms with Gasteiger partial charge in [0, 0.05) is 0 Å². The first kappa shape index (κ1) is 11.7. The fraction of sp³-hybridized carbons (Fsp3) is 0.154. The summed E-state index contributed by atoms with van der Waals surface area (Å²) in [6.45, 7) is 3.63. The van der Waals surface area contributed by atoms with Crippen molar-refractivity contribution < 1.29 is 4.74 Å². The number of fused-ring (bicyclic) bond motifs is 1. The van der Waals surface area contributed by atoms with Crippen LogP contribution in [0.15, 0.2) is 35.6 Å². The molecule has 1 heterocycles. The maximum absolute atomic E-state index is 11.9. The molecule has 0 aliphatic carbocycles. The summed E-state index contributed by atoms with van der Waals surface area (Å²) in [7, 11) is 1.53. The monoisotopic (exact) mass is 249 g/mol. The SMILES string of the molecule is C=CCc1c(OC)c2c(Cl)cccc2[nH]c1=O. The molecule has 1 aromatic heterocycles. The quantitative estimate of drug-likeness (QED) is 0.850. The van der Waals surface area contributed by atoms with Crippen LogP contribution in [0.3, 0.4) is 0 Å². The fourth-order valence-corrected chi connectivity index (χ4v) is 2.13. The second-order valence-corrected chi connectivity index (χ2v) is 4.03. The van der Waals surface area contributed by atoms with E-state index in [1.807, 2.05) is 0 Å². The Balaban J connectivity index is 2.92. The van der Waals surface area contributed by atoms with E-state index in [-0.39, 0.29) is 5.56 Å². The molecular weight excluding hydrogens is 238 g/mol. The second-order valence-electron chi connectivity index (χ2n) is 3.62. The molecule has 0 radical (unpaired) electrons. The molecule has 0 spiro atoms. The Morgan fingerprint density at radius 3 is 2.94 bits per heavy atom. The van der Waals surface area contributed by atoms with Crippen molar-refractivity contribution in [2.45, 2.75) is 6.42 Å². The molecule has 0 bridgehead atoms. The van der Waals surface area contributed by atoms with Crippen molar-refractivity contribution in [1.82, 2.24) is 4.98 Å². The van der Waals surface area contributed by atoms with E-state index in [9.17, 15) is 4.79 Å². The lowest BCUT2D eigenvalue weighted by Crippen LogP contribution is -2.14. The van der Waals surface area contributed by atoms with Gasteiger partial charge in [0.15, 0.2) is 0 Å². The van der Waals surface area contributed by atoms with Gasteiger partial charge in [-0.25, -0.2) is 0 Å². The number of nitrogens with one attached hydrogen (secondary N) is 1. The third-order valence-corrected chi connectivity index (χ3v) is 2.90. The molecule has 4 heteroatoms. The van der Waals surface area contributed by atoms with Crippen molar-refractivity contribution >= 4 is 22.5 Å². The van der Waals surface area contributed by atoms with E-state index in [2.05, 4.69) is 11.6 Å². The number of ether oxygens (including phenoxy) is 1. The first-order valence-electron chi connectivity index (χ1n) is 5.17. The molecule has 0 amide bonds. The number of hydrogen-bond acceptors (Lipinski definition) is 2. The third-order valence-electron chi connectivity index (χ3n) is 2.59. The Hall–Kier alpha value is -1.74. The molecule has 0 fully saturated rings. The van der Waals surface area contributed by atoms with Gasteiger partial charge in [0.1, 0.15) is 5.75 Å². The van der Waals surface area contributed by atoms with E-state index in [1.54, 1.807) is 24.3 Å². The number of aromatic nitrogens is 1. The van der Waals surface area contributed by atoms with Crippen LogP contribution in [0.2, 0.25) is 5.02 Å². The Labute approximate surface area is 104 Å². The van der Waals surface area contributed by atoms with Crippen LogP contribution >= 0.6 is 11.6 Å². The molecule has 0 atom stereocenters. The van der Waals surface area contributed by atoms with Crippen LogP contribution in [0.5, 0.6) is 5.75 Å². The minimum Gasteiger partial charge on any atom is -0.495 e. The van der Waals surface area contributed by atoms with Gasteiger partial charge in [-0.2, -0.15) is 0 Å². The normalized spacial score (nSPS) is 10.5. The highest BCUT2D eigenvalue weighted by atomic mass is 35.5. The van der Waals surface area contributed by atoms with Gasteiger partial charge in [-0.1, -0.05) is 23.7 Å². The van der Waals surface area contributed by atoms with Crippen molar-refractivity contribution in [2.75, 3.05) is 7.11 Å². The summed E-state index contributed by atoms with van der Waals surface area (Å²) in [5.74, 6) is 0.522. The van der Waals surface area contributed by atoms with Gasteiger partial charge in [-0.3, -0.25) is 4.79 Å². The molecule has 0 saturated carbocycles. The summed E-state index contributed by atoms with van der Waals surface area (Å²) >= 11 is 6.14. The van der Waals surface area contributed by atoms with Crippen molar-refractivity contribution in [1.29, 1.82) is 0 Å². The van der Waals surface area contributed by atoms with Crippen LogP contribution in [-0.2, 0) is 6.42 Å². The molecule has 0 unspecified atom stereocenters. The molecule has 1 N–H and O–H groups in total. The second kappa shape index (κ2) is 4.63. The number of rotatable bonds is 3. The number of H-pyrrole nitrogens is 1. The van der Waals surface area contributed by atoms with Gasteiger partial charge in [0.2, 0.25) is 0 Å². The topological polar surface area (TPSA) is 42.1 Å². The van der Waals surface area contributed by atoms with Crippen LogP contribution in [-0.4, -0.2) is 12.1 Å². The number of hydrogen-bond donors (Lipinski definition) is 1. The predicted octanol–water partition coefficient (Wildman–Crippen LogP) is 2.92. The van der Waals surface area contributed by atoms with Crippen molar-refractivity contribution in [3.63, 3.8) is 0 Å². The standard InChI is InChI=1S/C13H12ClNO2/c1-3-5-8-12(17-2)11-9(14)6-4-7-10(11)15-13(8)16/h3-4,6-7H,1,5H2,2H3,(H,15,16). The average Bonchev–Trinajstić information content (AvgIpc) is 2.31. The number of pyridine rings is 1. The molecular formula is C13H12ClNO2. The lowest BCUT2D eigenvalue weighted by molar-refractivity contribution is 0.415. The summed E-state index contributed by atoms with van der Waals surface area (Å²) in [5, 5.41) is 1.29. The minimum atomic E-state index is -0.170. The lowest BCUT2D eigenvalue weighted by atomic mass is 10.1. The van der Waals surface area contributed by atoms with E-state index < -0.39 is 0 Å². The van der Waals surface area contributed by atoms with E-state index in [0.29, 0.717) is 28.3 Å². The highest BCUT2D eigenvalue weighted by Gasteiger charge is 2.14. The molecule has 0 aliphatic heterocycles. The summed E-state index contributed by atoms with van der Waals surface area (Å²) in [4.78, 5) is 14.7. The van der Waals surface area contributed by atoms with E-state index >= 15 is 0 Å². The van der Waals surface area contributed by atoms with Crippen LogP contribution in [0.1, 0.15) is 5.56 Å². The van der Waals surface area contributed by atoms with Crippen molar-refractivity contribution in [3.8, 4) is 5.75 Å². The number of allylic oxidation sites excluding steroid dienone is 1. The summed E-state index contributed by atoms with van der Waals surface area (Å²) in [6, 6.07) is 5.35. The van der Waals surface area contributed by atoms with Gasteiger partial charge in [-0.05, 0) is 18.6 Å². The van der Waals surface area contributed by atoms with E-state index in [4.69, 9.17) is 16.3 Å².